The summed E-state index contributed by atoms with van der Waals surface area (Å²) in [6.45, 7) is 22.8. The Bertz CT molecular complexity index is 1440. The molecule has 1 fully saturated rings. The van der Waals surface area contributed by atoms with Crippen LogP contribution in [-0.2, 0) is 41.1 Å². The van der Waals surface area contributed by atoms with Gasteiger partial charge in [-0.15, -0.1) is 49.4 Å². The standard InChI is InChI=1S/C29H38N2O2.2C7H7.Zr/c1-27(2,3)32-17-15-30-25-23-19-11-7-9-13-21(19)29(23)22-14-10-8-12-20(22)24(29)26(25)31-16-18-33-28(4,5)6;2*1-7-5-3-2-4-6-7;/h7-14,23-26H,15-18H2,1-6H3;2*2-6H,1H2;/q-2;2*-1;+4/t23?,24?,25-,26-,29?;;;/m1.../s1. The first-order valence-electron chi connectivity index (χ1n) is 17.0. The van der Waals surface area contributed by atoms with Gasteiger partial charge in [0.15, 0.2) is 0 Å². The van der Waals surface area contributed by atoms with E-state index in [0.717, 1.165) is 11.1 Å². The molecule has 250 valence electrons. The van der Waals surface area contributed by atoms with E-state index in [4.69, 9.17) is 20.1 Å². The SMILES string of the molecule is CC(C)(C)OCC[N-][C@@H]1C2c3ccccc3C23c2ccccc2C3[C@H]1[N-]CCOC(C)(C)C.[CH2-]c1ccccc1.[CH2-]c1ccccc1.[Zr+4]. The van der Waals surface area contributed by atoms with Gasteiger partial charge < -0.3 is 20.1 Å². The van der Waals surface area contributed by atoms with Crippen molar-refractivity contribution in [3.63, 3.8) is 0 Å². The summed E-state index contributed by atoms with van der Waals surface area (Å²) < 4.78 is 12.0. The van der Waals surface area contributed by atoms with Crippen molar-refractivity contribution in [2.24, 2.45) is 0 Å². The number of hydrogen-bond acceptors (Lipinski definition) is 2. The molecule has 4 nitrogen and oxygen atoms in total. The van der Waals surface area contributed by atoms with Gasteiger partial charge in [0, 0.05) is 18.6 Å². The molecule has 0 saturated heterocycles. The minimum atomic E-state index is -0.140. The largest absolute Gasteiger partial charge is 4.00 e. The van der Waals surface area contributed by atoms with Crippen molar-refractivity contribution in [3.8, 4) is 0 Å². The van der Waals surface area contributed by atoms with Crippen molar-refractivity contribution in [2.45, 2.75) is 82.1 Å². The van der Waals surface area contributed by atoms with Gasteiger partial charge in [-0.1, -0.05) is 60.7 Å². The van der Waals surface area contributed by atoms with Crippen LogP contribution in [0.4, 0.5) is 0 Å². The summed E-state index contributed by atoms with van der Waals surface area (Å²) in [6, 6.07) is 38.1. The van der Waals surface area contributed by atoms with Crippen LogP contribution in [0, 0.1) is 13.8 Å². The van der Waals surface area contributed by atoms with Crippen LogP contribution in [0.5, 0.6) is 0 Å². The number of ether oxygens (including phenoxy) is 2. The van der Waals surface area contributed by atoms with Crippen molar-refractivity contribution < 1.29 is 35.7 Å². The van der Waals surface area contributed by atoms with E-state index < -0.39 is 0 Å². The Kier molecular flexibility index (Phi) is 13.0. The maximum absolute atomic E-state index is 5.99. The van der Waals surface area contributed by atoms with Crippen molar-refractivity contribution in [1.29, 1.82) is 0 Å². The minimum absolute atomic E-state index is 0. The van der Waals surface area contributed by atoms with Crippen LogP contribution in [-0.4, -0.2) is 49.6 Å². The zero-order valence-corrected chi connectivity index (χ0v) is 32.1. The molecule has 5 heteroatoms. The van der Waals surface area contributed by atoms with Crippen LogP contribution in [0.3, 0.4) is 0 Å². The molecule has 4 atom stereocenters. The summed E-state index contributed by atoms with van der Waals surface area (Å²) in [5.74, 6) is 0.807. The van der Waals surface area contributed by atoms with Crippen molar-refractivity contribution in [3.05, 3.63) is 167 Å². The predicted octanol–water partition coefficient (Wildman–Crippen LogP) is 10.0. The first kappa shape index (κ1) is 38.1. The average molecular weight is 720 g/mol. The van der Waals surface area contributed by atoms with E-state index >= 15 is 0 Å². The molecule has 7 rings (SSSR count). The third-order valence-electron chi connectivity index (χ3n) is 9.12. The fourth-order valence-electron chi connectivity index (χ4n) is 7.42. The van der Waals surface area contributed by atoms with E-state index in [1.807, 2.05) is 60.7 Å². The van der Waals surface area contributed by atoms with Crippen LogP contribution in [0.1, 0.15) is 86.8 Å². The Morgan fingerprint density at radius 3 is 1.19 bits per heavy atom. The van der Waals surface area contributed by atoms with Crippen LogP contribution in [0.2, 0.25) is 0 Å². The number of fused-ring (bicyclic) bond motifs is 4. The van der Waals surface area contributed by atoms with E-state index in [-0.39, 0.29) is 54.9 Å². The first-order chi connectivity index (χ1) is 22.4. The molecule has 0 bridgehead atoms. The van der Waals surface area contributed by atoms with E-state index in [2.05, 4.69) is 104 Å². The van der Waals surface area contributed by atoms with Gasteiger partial charge in [-0.05, 0) is 75.6 Å². The molecule has 0 heterocycles. The van der Waals surface area contributed by atoms with E-state index in [9.17, 15) is 0 Å². The topological polar surface area (TPSA) is 46.7 Å². The summed E-state index contributed by atoms with van der Waals surface area (Å²) in [5.41, 5.74) is 7.85. The molecule has 3 aliphatic carbocycles. The minimum Gasteiger partial charge on any atom is -0.658 e. The van der Waals surface area contributed by atoms with Gasteiger partial charge in [-0.2, -0.15) is 49.2 Å². The number of nitrogens with zero attached hydrogens (tertiary/aromatic N) is 2. The van der Waals surface area contributed by atoms with Gasteiger partial charge >= 0.3 is 26.2 Å². The van der Waals surface area contributed by atoms with E-state index in [1.165, 1.54) is 22.3 Å². The smallest absolute Gasteiger partial charge is 0.658 e. The van der Waals surface area contributed by atoms with E-state index in [1.54, 1.807) is 0 Å². The van der Waals surface area contributed by atoms with Crippen LogP contribution in [0.25, 0.3) is 10.6 Å². The summed E-state index contributed by atoms with van der Waals surface area (Å²) in [6.07, 6.45) is 0. The Balaban J connectivity index is 0.000000286. The number of rotatable bonds is 8. The third kappa shape index (κ3) is 8.55. The molecule has 0 aliphatic heterocycles. The monoisotopic (exact) mass is 718 g/mol. The van der Waals surface area contributed by atoms with E-state index in [0.29, 0.717) is 38.1 Å². The quantitative estimate of drug-likeness (QED) is 0.134. The van der Waals surface area contributed by atoms with Gasteiger partial charge in [-0.25, -0.2) is 0 Å². The number of benzene rings is 4. The second-order valence-electron chi connectivity index (χ2n) is 14.7. The normalized spacial score (nSPS) is 22.7. The molecule has 48 heavy (non-hydrogen) atoms. The molecule has 1 spiro atoms. The van der Waals surface area contributed by atoms with Crippen molar-refractivity contribution >= 4 is 0 Å². The van der Waals surface area contributed by atoms with Crippen molar-refractivity contribution in [1.82, 2.24) is 0 Å². The first-order valence-corrected chi connectivity index (χ1v) is 17.0. The Morgan fingerprint density at radius 1 is 0.542 bits per heavy atom. The summed E-state index contributed by atoms with van der Waals surface area (Å²) in [7, 11) is 0. The van der Waals surface area contributed by atoms with Crippen LogP contribution in [0.15, 0.2) is 109 Å². The Labute approximate surface area is 309 Å². The third-order valence-corrected chi connectivity index (χ3v) is 9.12. The van der Waals surface area contributed by atoms with Gasteiger partial charge in [0.25, 0.3) is 0 Å². The van der Waals surface area contributed by atoms with Crippen LogP contribution >= 0.6 is 0 Å². The fourth-order valence-corrected chi connectivity index (χ4v) is 7.42. The zero-order valence-electron chi connectivity index (χ0n) is 29.7. The second-order valence-corrected chi connectivity index (χ2v) is 14.7. The summed E-state index contributed by atoms with van der Waals surface area (Å²) in [5, 5.41) is 10.6. The van der Waals surface area contributed by atoms with Crippen LogP contribution < -0.4 is 0 Å². The maximum Gasteiger partial charge on any atom is 4.00 e. The van der Waals surface area contributed by atoms with Gasteiger partial charge in [-0.3, -0.25) is 0 Å². The molecule has 0 amide bonds. The summed E-state index contributed by atoms with van der Waals surface area (Å²) in [4.78, 5) is 0. The number of hydrogen-bond donors (Lipinski definition) is 0. The summed E-state index contributed by atoms with van der Waals surface area (Å²) >= 11 is 0. The second kappa shape index (κ2) is 16.4. The predicted molar refractivity (Wildman–Crippen MR) is 196 cm³/mol. The zero-order chi connectivity index (χ0) is 33.7. The Morgan fingerprint density at radius 2 is 0.875 bits per heavy atom. The fraction of sp³-hybridized carbons (Fsp3) is 0.395. The molecule has 2 unspecified atom stereocenters. The Hall–Kier alpha value is -2.66. The van der Waals surface area contributed by atoms with Gasteiger partial charge in [0.05, 0.1) is 11.2 Å². The molecule has 3 aliphatic rings. The molecule has 0 N–H and O–H groups in total. The average Bonchev–Trinajstić information content (AvgIpc) is 3.22. The van der Waals surface area contributed by atoms with Crippen molar-refractivity contribution in [2.75, 3.05) is 26.3 Å². The van der Waals surface area contributed by atoms with Gasteiger partial charge in [0.2, 0.25) is 0 Å². The molecule has 4 aromatic rings. The van der Waals surface area contributed by atoms with Gasteiger partial charge in [0.1, 0.15) is 0 Å². The molecule has 0 aromatic heterocycles. The molecule has 0 radical (unpaired) electrons. The molecular weight excluding hydrogens is 668 g/mol. The maximum atomic E-state index is 5.99. The molecule has 1 saturated carbocycles. The molecule has 4 aromatic carbocycles. The molecular formula is C43H52N2O2Zr.